The molecule has 16 heavy (non-hydrogen) atoms. The minimum Gasteiger partial charge on any atom is -0.481 e. The van der Waals surface area contributed by atoms with E-state index < -0.39 is 35.8 Å². The van der Waals surface area contributed by atoms with E-state index in [1.54, 1.807) is 0 Å². The summed E-state index contributed by atoms with van der Waals surface area (Å²) in [5, 5.41) is 35.5. The quantitative estimate of drug-likeness (QED) is 0.437. The first-order valence-corrected chi connectivity index (χ1v) is 4.27. The van der Waals surface area contributed by atoms with Crippen molar-refractivity contribution >= 4 is 17.9 Å². The van der Waals surface area contributed by atoms with Gasteiger partial charge in [-0.25, -0.2) is 4.79 Å². The van der Waals surface area contributed by atoms with Crippen molar-refractivity contribution in [1.29, 1.82) is 0 Å². The Bertz CT molecular complexity index is 322. The van der Waals surface area contributed by atoms with E-state index in [0.29, 0.717) is 0 Å². The molecule has 0 heterocycles. The van der Waals surface area contributed by atoms with Crippen LogP contribution in [0, 0.1) is 5.92 Å². The third-order valence-corrected chi connectivity index (χ3v) is 2.07. The Morgan fingerprint density at radius 2 is 1.75 bits per heavy atom. The second kappa shape index (κ2) is 5.26. The number of rotatable bonds is 7. The molecule has 0 amide bonds. The van der Waals surface area contributed by atoms with Gasteiger partial charge in [0.1, 0.15) is 5.92 Å². The SMILES string of the molecule is C=CCC(C(=O)O)C(O)(CC(=O)O)C(=O)O. The molecule has 7 nitrogen and oxygen atoms in total. The summed E-state index contributed by atoms with van der Waals surface area (Å²) >= 11 is 0. The van der Waals surface area contributed by atoms with Crippen molar-refractivity contribution in [3.05, 3.63) is 12.7 Å². The summed E-state index contributed by atoms with van der Waals surface area (Å²) in [6.45, 7) is 3.22. The van der Waals surface area contributed by atoms with E-state index in [1.165, 1.54) is 0 Å². The molecule has 0 rings (SSSR count). The van der Waals surface area contributed by atoms with E-state index in [4.69, 9.17) is 15.3 Å². The maximum absolute atomic E-state index is 10.8. The molecule has 0 fully saturated rings. The fourth-order valence-electron chi connectivity index (χ4n) is 1.25. The van der Waals surface area contributed by atoms with E-state index in [2.05, 4.69) is 6.58 Å². The summed E-state index contributed by atoms with van der Waals surface area (Å²) < 4.78 is 0. The fourth-order valence-corrected chi connectivity index (χ4v) is 1.25. The van der Waals surface area contributed by atoms with Crippen LogP contribution in [0.1, 0.15) is 12.8 Å². The first-order valence-electron chi connectivity index (χ1n) is 4.27. The Labute approximate surface area is 90.6 Å². The number of hydrogen-bond donors (Lipinski definition) is 4. The molecule has 7 heteroatoms. The minimum absolute atomic E-state index is 0.342. The maximum Gasteiger partial charge on any atom is 0.337 e. The highest BCUT2D eigenvalue weighted by Crippen LogP contribution is 2.26. The highest BCUT2D eigenvalue weighted by atomic mass is 16.4. The van der Waals surface area contributed by atoms with Crippen molar-refractivity contribution in [2.45, 2.75) is 18.4 Å². The molecule has 0 aliphatic heterocycles. The summed E-state index contributed by atoms with van der Waals surface area (Å²) in [6, 6.07) is 0. The van der Waals surface area contributed by atoms with Crippen LogP contribution in [0.15, 0.2) is 12.7 Å². The number of allylic oxidation sites excluding steroid dienone is 1. The molecular weight excluding hydrogens is 220 g/mol. The first-order chi connectivity index (χ1) is 7.25. The van der Waals surface area contributed by atoms with Gasteiger partial charge in [0.25, 0.3) is 0 Å². The van der Waals surface area contributed by atoms with E-state index in [-0.39, 0.29) is 6.42 Å². The molecule has 0 aromatic carbocycles. The Hall–Kier alpha value is -1.89. The van der Waals surface area contributed by atoms with E-state index in [9.17, 15) is 19.5 Å². The average Bonchev–Trinajstić information content (AvgIpc) is 2.11. The first kappa shape index (κ1) is 14.1. The summed E-state index contributed by atoms with van der Waals surface area (Å²) in [7, 11) is 0. The Balaban J connectivity index is 5.26. The Morgan fingerprint density at radius 1 is 1.25 bits per heavy atom. The molecule has 2 atom stereocenters. The van der Waals surface area contributed by atoms with Crippen LogP contribution in [0.4, 0.5) is 0 Å². The van der Waals surface area contributed by atoms with Gasteiger partial charge in [0, 0.05) is 0 Å². The third-order valence-electron chi connectivity index (χ3n) is 2.07. The number of hydrogen-bond acceptors (Lipinski definition) is 4. The van der Waals surface area contributed by atoms with Crippen molar-refractivity contribution in [3.8, 4) is 0 Å². The topological polar surface area (TPSA) is 132 Å². The van der Waals surface area contributed by atoms with Crippen molar-refractivity contribution < 1.29 is 34.8 Å². The summed E-state index contributed by atoms with van der Waals surface area (Å²) in [5.41, 5.74) is -2.84. The van der Waals surface area contributed by atoms with Gasteiger partial charge < -0.3 is 20.4 Å². The third kappa shape index (κ3) is 3.06. The van der Waals surface area contributed by atoms with Crippen molar-refractivity contribution in [2.24, 2.45) is 5.92 Å². The summed E-state index contributed by atoms with van der Waals surface area (Å²) in [6.07, 6.45) is -0.424. The number of carboxylic acids is 3. The molecule has 0 saturated heterocycles. The lowest BCUT2D eigenvalue weighted by atomic mass is 9.82. The molecule has 0 aliphatic rings. The second-order valence-corrected chi connectivity index (χ2v) is 3.22. The molecule has 0 spiro atoms. The van der Waals surface area contributed by atoms with E-state index in [0.717, 1.165) is 6.08 Å². The highest BCUT2D eigenvalue weighted by molar-refractivity contribution is 5.89. The van der Waals surface area contributed by atoms with Crippen LogP contribution in [0.3, 0.4) is 0 Å². The van der Waals surface area contributed by atoms with Crippen LogP contribution in [0.5, 0.6) is 0 Å². The van der Waals surface area contributed by atoms with Gasteiger partial charge in [-0.3, -0.25) is 9.59 Å². The predicted octanol–water partition coefficient (Wildman–Crippen LogP) is -0.446. The monoisotopic (exact) mass is 232 g/mol. The number of aliphatic hydroxyl groups is 1. The van der Waals surface area contributed by atoms with E-state index >= 15 is 0 Å². The van der Waals surface area contributed by atoms with Gasteiger partial charge in [-0.1, -0.05) is 6.08 Å². The normalized spacial score (nSPS) is 15.8. The minimum atomic E-state index is -2.84. The van der Waals surface area contributed by atoms with Crippen LogP contribution in [0.25, 0.3) is 0 Å². The van der Waals surface area contributed by atoms with Gasteiger partial charge >= 0.3 is 17.9 Å². The van der Waals surface area contributed by atoms with Crippen molar-refractivity contribution in [1.82, 2.24) is 0 Å². The molecule has 0 aromatic heterocycles. The molecule has 0 aliphatic carbocycles. The average molecular weight is 232 g/mol. The lowest BCUT2D eigenvalue weighted by Gasteiger charge is -2.27. The van der Waals surface area contributed by atoms with Crippen molar-refractivity contribution in [3.63, 3.8) is 0 Å². The largest absolute Gasteiger partial charge is 0.481 e. The predicted molar refractivity (Wildman–Crippen MR) is 50.8 cm³/mol. The van der Waals surface area contributed by atoms with Gasteiger partial charge in [0.2, 0.25) is 0 Å². The van der Waals surface area contributed by atoms with Gasteiger partial charge in [-0.15, -0.1) is 6.58 Å². The number of aliphatic carboxylic acids is 3. The van der Waals surface area contributed by atoms with Gasteiger partial charge in [-0.2, -0.15) is 0 Å². The maximum atomic E-state index is 10.8. The smallest absolute Gasteiger partial charge is 0.337 e. The van der Waals surface area contributed by atoms with E-state index in [1.807, 2.05) is 0 Å². The van der Waals surface area contributed by atoms with Crippen molar-refractivity contribution in [2.75, 3.05) is 0 Å². The standard InChI is InChI=1S/C9H12O7/c1-2-3-5(7(12)13)9(16,8(14)15)4-6(10)11/h2,5,16H,1,3-4H2,(H,10,11)(H,12,13)(H,14,15). The Morgan fingerprint density at radius 3 is 2.00 bits per heavy atom. The van der Waals surface area contributed by atoms with Crippen LogP contribution >= 0.6 is 0 Å². The van der Waals surface area contributed by atoms with Crippen LogP contribution in [0.2, 0.25) is 0 Å². The lowest BCUT2D eigenvalue weighted by molar-refractivity contribution is -0.178. The summed E-state index contributed by atoms with van der Waals surface area (Å²) in [4.78, 5) is 31.9. The molecular formula is C9H12O7. The zero-order valence-electron chi connectivity index (χ0n) is 8.29. The highest BCUT2D eigenvalue weighted by Gasteiger charge is 2.49. The molecule has 2 unspecified atom stereocenters. The molecule has 0 saturated carbocycles. The van der Waals surface area contributed by atoms with Crippen LogP contribution in [-0.4, -0.2) is 43.9 Å². The zero-order chi connectivity index (χ0) is 12.9. The number of carbonyl (C=O) groups is 3. The molecule has 0 bridgehead atoms. The number of carboxylic acid groups (broad SMARTS) is 3. The fraction of sp³-hybridized carbons (Fsp3) is 0.444. The van der Waals surface area contributed by atoms with Crippen LogP contribution in [-0.2, 0) is 14.4 Å². The molecule has 0 radical (unpaired) electrons. The van der Waals surface area contributed by atoms with Gasteiger partial charge in [0.05, 0.1) is 6.42 Å². The molecule has 4 N–H and O–H groups in total. The zero-order valence-corrected chi connectivity index (χ0v) is 8.29. The van der Waals surface area contributed by atoms with Crippen LogP contribution < -0.4 is 0 Å². The second-order valence-electron chi connectivity index (χ2n) is 3.22. The molecule has 0 aromatic rings. The van der Waals surface area contributed by atoms with Gasteiger partial charge in [0.15, 0.2) is 5.60 Å². The summed E-state index contributed by atoms with van der Waals surface area (Å²) in [5.74, 6) is -6.82. The lowest BCUT2D eigenvalue weighted by Crippen LogP contribution is -2.50. The molecule has 90 valence electrons. The van der Waals surface area contributed by atoms with Gasteiger partial charge in [-0.05, 0) is 6.42 Å². The Kier molecular flexibility index (Phi) is 4.64.